The van der Waals surface area contributed by atoms with Crippen LogP contribution in [-0.4, -0.2) is 82.2 Å². The number of hydrogen-bond acceptors (Lipinski definition) is 11. The number of cyclic esters (lactones) is 2. The summed E-state index contributed by atoms with van der Waals surface area (Å²) in [6.45, 7) is 14.0. The summed E-state index contributed by atoms with van der Waals surface area (Å²) in [5.74, 6) is -5.13. The molecule has 3 N–H and O–H groups in total. The van der Waals surface area contributed by atoms with Gasteiger partial charge in [0.15, 0.2) is 0 Å². The molecule has 0 saturated carbocycles. The summed E-state index contributed by atoms with van der Waals surface area (Å²) in [5.41, 5.74) is 9.19. The minimum absolute atomic E-state index is 0.0855. The van der Waals surface area contributed by atoms with Gasteiger partial charge in [0.2, 0.25) is 0 Å². The van der Waals surface area contributed by atoms with E-state index in [1.807, 2.05) is 32.1 Å². The van der Waals surface area contributed by atoms with Gasteiger partial charge in [0.1, 0.15) is 17.4 Å². The zero-order valence-electron chi connectivity index (χ0n) is 34.2. The Hall–Kier alpha value is -6.15. The van der Waals surface area contributed by atoms with Crippen LogP contribution >= 0.6 is 0 Å². The smallest absolute Gasteiger partial charge is 0.320 e. The highest BCUT2D eigenvalue weighted by molar-refractivity contribution is 6.27. The lowest BCUT2D eigenvalue weighted by Gasteiger charge is -2.27. The van der Waals surface area contributed by atoms with E-state index < -0.39 is 53.3 Å². The van der Waals surface area contributed by atoms with Gasteiger partial charge in [0.05, 0.1) is 55.9 Å². The number of esters is 4. The minimum Gasteiger partial charge on any atom is -0.469 e. The lowest BCUT2D eigenvalue weighted by molar-refractivity contribution is -0.158. The van der Waals surface area contributed by atoms with Crippen molar-refractivity contribution in [1.29, 1.82) is 0 Å². The van der Waals surface area contributed by atoms with Crippen molar-refractivity contribution in [1.82, 2.24) is 25.3 Å². The van der Waals surface area contributed by atoms with Gasteiger partial charge in [-0.1, -0.05) is 38.7 Å². The predicted molar refractivity (Wildman–Crippen MR) is 218 cm³/mol. The number of nitrogens with zero attached hydrogens (tertiary/aromatic N) is 2. The van der Waals surface area contributed by atoms with E-state index in [4.69, 9.17) is 28.9 Å². The number of fused-ring (bicyclic) bond motifs is 13. The fraction of sp³-hybridized carbons (Fsp3) is 0.400. The van der Waals surface area contributed by atoms with Gasteiger partial charge in [-0.3, -0.25) is 29.0 Å². The molecule has 5 aliphatic heterocycles. The molecule has 0 unspecified atom stereocenters. The molecule has 0 spiro atoms. The van der Waals surface area contributed by atoms with Gasteiger partial charge < -0.3 is 34.2 Å². The van der Waals surface area contributed by atoms with Crippen molar-refractivity contribution in [2.45, 2.75) is 83.8 Å². The second-order valence-corrected chi connectivity index (χ2v) is 15.9. The normalized spacial score (nSPS) is 24.0. The Morgan fingerprint density at radius 1 is 0.949 bits per heavy atom. The molecule has 306 valence electrons. The molecule has 3 aromatic rings. The van der Waals surface area contributed by atoms with Crippen LogP contribution in [0.2, 0.25) is 0 Å². The van der Waals surface area contributed by atoms with Crippen molar-refractivity contribution in [3.05, 3.63) is 87.5 Å². The molecule has 10 bridgehead atoms. The molecule has 2 fully saturated rings. The summed E-state index contributed by atoms with van der Waals surface area (Å²) in [6.07, 6.45) is 5.48. The van der Waals surface area contributed by atoms with Gasteiger partial charge >= 0.3 is 23.9 Å². The summed E-state index contributed by atoms with van der Waals surface area (Å²) in [4.78, 5) is 83.7. The Kier molecular flexibility index (Phi) is 10.0. The van der Waals surface area contributed by atoms with E-state index in [0.29, 0.717) is 41.1 Å². The van der Waals surface area contributed by atoms with Crippen LogP contribution in [-0.2, 0) is 55.8 Å². The Balaban J connectivity index is 1.39. The van der Waals surface area contributed by atoms with Crippen molar-refractivity contribution in [2.24, 2.45) is 11.8 Å². The Bertz CT molecular complexity index is 2610. The fourth-order valence-electron chi connectivity index (χ4n) is 9.52. The minimum atomic E-state index is -1.28. The first-order chi connectivity index (χ1) is 28.2. The van der Waals surface area contributed by atoms with E-state index in [9.17, 15) is 24.0 Å². The molecule has 14 nitrogen and oxygen atoms in total. The highest BCUT2D eigenvalue weighted by Gasteiger charge is 2.67. The number of aromatic amines is 2. The lowest BCUT2D eigenvalue weighted by atomic mass is 9.77. The number of nitrogens with one attached hydrogen (secondary N) is 3. The number of aromatic nitrogens is 4. The van der Waals surface area contributed by atoms with Crippen LogP contribution in [0, 0.1) is 25.7 Å². The zero-order valence-corrected chi connectivity index (χ0v) is 34.2. The number of allylic oxidation sites excluding steroid dienone is 1. The van der Waals surface area contributed by atoms with Gasteiger partial charge in [-0.25, -0.2) is 4.98 Å². The first-order valence-electron chi connectivity index (χ1n) is 19.9. The number of carbonyl (C=O) groups is 5. The van der Waals surface area contributed by atoms with Crippen LogP contribution in [0.25, 0.3) is 39.3 Å². The standard InChI is InChI=1S/C45H47N5O9/c1-9-24-20(3)28-16-30-22(5)26(11-12-35(51)56-7)40(49-30)27(15-36(52)57-8)41-37(42(53)46-19-45-14-13-34(59-45)38-39(45)44(55)58-43(38)54)23(6)31(50-41)18-33-25(10-2)21(4)29(48-33)17-32(24)47-28/h9,13-14,16-18,22,26,34,38-39,47-48H,1,10-12,15,19H2,2-8H3,(H,46,53)/t22-,26-,34-,38-,39+,45-/m0/s1. The lowest BCUT2D eigenvalue weighted by Crippen LogP contribution is -2.47. The molecule has 3 aromatic heterocycles. The zero-order chi connectivity index (χ0) is 42.1. The van der Waals surface area contributed by atoms with Crippen molar-refractivity contribution in [3.63, 3.8) is 0 Å². The third-order valence-corrected chi connectivity index (χ3v) is 12.8. The Labute approximate surface area is 340 Å². The van der Waals surface area contributed by atoms with Crippen LogP contribution in [0.4, 0.5) is 0 Å². The van der Waals surface area contributed by atoms with Gasteiger partial charge in [0, 0.05) is 57.1 Å². The SMILES string of the molecule is C=Cc1c(C)c2cc3nc(c(CC(=O)OC)c4nc(cc5[nH]c(cc1[nH]2)c(C)c5CC)C(C)=C4C(=O)NC[C@]12C=C[C@H](O1)[C@@H]1C(=O)OC(=O)[C@@H]12)[C@@H](CCC(=O)OC)[C@@H]3C. The highest BCUT2D eigenvalue weighted by Crippen LogP contribution is 2.51. The summed E-state index contributed by atoms with van der Waals surface area (Å²) in [6, 6.07) is 5.96. The van der Waals surface area contributed by atoms with E-state index >= 15 is 0 Å². The number of methoxy groups -OCH3 is 2. The molecular formula is C45H47N5O9. The van der Waals surface area contributed by atoms with Gasteiger partial charge in [0.25, 0.3) is 5.91 Å². The fourth-order valence-corrected chi connectivity index (χ4v) is 9.52. The molecule has 8 rings (SSSR count). The summed E-state index contributed by atoms with van der Waals surface area (Å²) in [5, 5.41) is 2.99. The second kappa shape index (κ2) is 14.9. The molecule has 1 amide bonds. The van der Waals surface area contributed by atoms with Crippen molar-refractivity contribution < 1.29 is 42.9 Å². The van der Waals surface area contributed by atoms with Crippen molar-refractivity contribution in [3.8, 4) is 0 Å². The largest absolute Gasteiger partial charge is 0.469 e. The molecule has 14 heteroatoms. The highest BCUT2D eigenvalue weighted by atomic mass is 16.6. The summed E-state index contributed by atoms with van der Waals surface area (Å²) in [7, 11) is 2.63. The van der Waals surface area contributed by atoms with E-state index in [0.717, 1.165) is 44.3 Å². The Morgan fingerprint density at radius 2 is 1.68 bits per heavy atom. The summed E-state index contributed by atoms with van der Waals surface area (Å²) < 4.78 is 21.4. The van der Waals surface area contributed by atoms with Crippen LogP contribution in [0.15, 0.2) is 36.9 Å². The number of rotatable bonds is 10. The van der Waals surface area contributed by atoms with Gasteiger partial charge in [-0.15, -0.1) is 0 Å². The molecular weight excluding hydrogens is 755 g/mol. The van der Waals surface area contributed by atoms with Gasteiger partial charge in [-0.05, 0) is 74.1 Å². The maximum atomic E-state index is 14.8. The molecule has 0 aromatic carbocycles. The molecule has 8 heterocycles. The summed E-state index contributed by atoms with van der Waals surface area (Å²) >= 11 is 0. The predicted octanol–water partition coefficient (Wildman–Crippen LogP) is 5.76. The number of aryl methyl sites for hydroxylation is 3. The number of H-pyrrole nitrogens is 2. The molecule has 5 aliphatic rings. The maximum absolute atomic E-state index is 14.8. The van der Waals surface area contributed by atoms with E-state index in [1.54, 1.807) is 19.1 Å². The monoisotopic (exact) mass is 801 g/mol. The number of carbonyl (C=O) groups excluding carboxylic acids is 5. The van der Waals surface area contributed by atoms with Crippen LogP contribution < -0.4 is 5.32 Å². The topological polar surface area (TPSA) is 192 Å². The first-order valence-corrected chi connectivity index (χ1v) is 19.9. The molecule has 59 heavy (non-hydrogen) atoms. The van der Waals surface area contributed by atoms with Crippen molar-refractivity contribution >= 4 is 69.1 Å². The first kappa shape index (κ1) is 39.7. The van der Waals surface area contributed by atoms with Crippen LogP contribution in [0.5, 0.6) is 0 Å². The third-order valence-electron chi connectivity index (χ3n) is 12.8. The number of hydrogen-bond donors (Lipinski definition) is 3. The second-order valence-electron chi connectivity index (χ2n) is 15.9. The number of amides is 1. The Morgan fingerprint density at radius 3 is 2.39 bits per heavy atom. The molecule has 2 saturated heterocycles. The van der Waals surface area contributed by atoms with Crippen LogP contribution in [0.3, 0.4) is 0 Å². The maximum Gasteiger partial charge on any atom is 0.320 e. The average Bonchev–Trinajstić information content (AvgIpc) is 4.08. The average molecular weight is 802 g/mol. The molecule has 0 radical (unpaired) electrons. The van der Waals surface area contributed by atoms with Gasteiger partial charge in [-0.2, -0.15) is 0 Å². The molecule has 0 aliphatic carbocycles. The van der Waals surface area contributed by atoms with Crippen LogP contribution in [0.1, 0.15) is 96.0 Å². The number of ether oxygens (including phenoxy) is 4. The quantitative estimate of drug-likeness (QED) is 0.0977. The van der Waals surface area contributed by atoms with E-state index in [-0.39, 0.29) is 42.5 Å². The molecule has 6 atom stereocenters. The van der Waals surface area contributed by atoms with Crippen molar-refractivity contribution in [2.75, 3.05) is 20.8 Å². The third kappa shape index (κ3) is 6.40. The van der Waals surface area contributed by atoms with E-state index in [1.165, 1.54) is 14.2 Å². The van der Waals surface area contributed by atoms with E-state index in [2.05, 4.69) is 41.8 Å².